The minimum Gasteiger partial charge on any atom is -0.379 e. The lowest BCUT2D eigenvalue weighted by Crippen LogP contribution is -2.35. The number of guanidine groups is 1. The first kappa shape index (κ1) is 24.2. The highest BCUT2D eigenvalue weighted by atomic mass is 127. The Kier molecular flexibility index (Phi) is 13.5. The lowest BCUT2D eigenvalue weighted by atomic mass is 10.1. The second-order valence-corrected chi connectivity index (χ2v) is 7.10. The van der Waals surface area contributed by atoms with Gasteiger partial charge in [0.25, 0.3) is 0 Å². The lowest BCUT2D eigenvalue weighted by molar-refractivity contribution is 0.0342. The fraction of sp³-hybridized carbons (Fsp3) is 0.667. The number of halogens is 1. The van der Waals surface area contributed by atoms with Crippen molar-refractivity contribution >= 4 is 29.9 Å². The molecule has 0 unspecified atom stereocenters. The molecule has 27 heavy (non-hydrogen) atoms. The monoisotopic (exact) mass is 488 g/mol. The molecular weight excluding hydrogens is 451 g/mol. The van der Waals surface area contributed by atoms with Gasteiger partial charge in [0.1, 0.15) is 0 Å². The molecule has 1 aromatic rings. The Labute approximate surface area is 182 Å². The molecule has 0 spiro atoms. The fourth-order valence-corrected chi connectivity index (χ4v) is 3.20. The Bertz CT molecular complexity index is 533. The summed E-state index contributed by atoms with van der Waals surface area (Å²) in [7, 11) is 0. The summed E-state index contributed by atoms with van der Waals surface area (Å²) >= 11 is 0. The summed E-state index contributed by atoms with van der Waals surface area (Å²) in [6, 6.07) is 8.65. The highest BCUT2D eigenvalue weighted by Gasteiger charge is 2.10. The highest BCUT2D eigenvalue weighted by Crippen LogP contribution is 2.11. The van der Waals surface area contributed by atoms with Gasteiger partial charge in [-0.25, -0.2) is 4.99 Å². The van der Waals surface area contributed by atoms with Gasteiger partial charge in [0.2, 0.25) is 0 Å². The van der Waals surface area contributed by atoms with E-state index in [4.69, 9.17) is 10.5 Å². The number of nitrogens with two attached hydrogens (primary N) is 1. The van der Waals surface area contributed by atoms with Crippen LogP contribution in [0.15, 0.2) is 29.3 Å². The van der Waals surface area contributed by atoms with E-state index in [2.05, 4.69) is 46.4 Å². The predicted octanol–water partition coefficient (Wildman–Crippen LogP) is 3.90. The zero-order valence-corrected chi connectivity index (χ0v) is 19.1. The first-order chi connectivity index (χ1) is 12.8. The van der Waals surface area contributed by atoms with Crippen LogP contribution in [0.3, 0.4) is 0 Å². The quantitative estimate of drug-likeness (QED) is 0.215. The van der Waals surface area contributed by atoms with E-state index in [1.54, 1.807) is 0 Å². The lowest BCUT2D eigenvalue weighted by Gasteiger charge is -2.26. The molecule has 154 valence electrons. The maximum Gasteiger partial charge on any atom is 0.188 e. The number of unbranched alkanes of at least 4 members (excludes halogenated alkanes) is 5. The van der Waals surface area contributed by atoms with Crippen LogP contribution < -0.4 is 11.1 Å². The molecule has 1 fully saturated rings. The van der Waals surface area contributed by atoms with E-state index < -0.39 is 0 Å². The Morgan fingerprint density at radius 1 is 1.11 bits per heavy atom. The van der Waals surface area contributed by atoms with Gasteiger partial charge < -0.3 is 15.8 Å². The average molecular weight is 488 g/mol. The van der Waals surface area contributed by atoms with Crippen LogP contribution in [0.25, 0.3) is 0 Å². The number of ether oxygens (including phenoxy) is 1. The molecule has 0 aromatic heterocycles. The second-order valence-electron chi connectivity index (χ2n) is 7.10. The van der Waals surface area contributed by atoms with E-state index in [9.17, 15) is 0 Å². The van der Waals surface area contributed by atoms with Crippen LogP contribution >= 0.6 is 24.0 Å². The Morgan fingerprint density at radius 3 is 2.59 bits per heavy atom. The molecule has 0 aliphatic carbocycles. The van der Waals surface area contributed by atoms with Crippen molar-refractivity contribution in [3.8, 4) is 0 Å². The minimum atomic E-state index is 0. The van der Waals surface area contributed by atoms with Crippen molar-refractivity contribution in [2.45, 2.75) is 58.5 Å². The molecule has 6 heteroatoms. The maximum absolute atomic E-state index is 5.99. The molecule has 0 atom stereocenters. The first-order valence-electron chi connectivity index (χ1n) is 10.2. The molecule has 1 aliphatic heterocycles. The normalized spacial score (nSPS) is 15.4. The van der Waals surface area contributed by atoms with Crippen molar-refractivity contribution < 1.29 is 4.74 Å². The molecule has 0 saturated carbocycles. The molecule has 2 rings (SSSR count). The Morgan fingerprint density at radius 2 is 1.81 bits per heavy atom. The van der Waals surface area contributed by atoms with E-state index in [1.165, 1.54) is 43.2 Å². The summed E-state index contributed by atoms with van der Waals surface area (Å²) in [4.78, 5) is 6.91. The van der Waals surface area contributed by atoms with Gasteiger partial charge in [0.15, 0.2) is 5.96 Å². The van der Waals surface area contributed by atoms with Crippen LogP contribution in [-0.2, 0) is 17.8 Å². The van der Waals surface area contributed by atoms with E-state index >= 15 is 0 Å². The van der Waals surface area contributed by atoms with Crippen LogP contribution in [0.5, 0.6) is 0 Å². The van der Waals surface area contributed by atoms with E-state index in [-0.39, 0.29) is 24.0 Å². The Hall–Kier alpha value is -0.860. The van der Waals surface area contributed by atoms with Gasteiger partial charge in [-0.15, -0.1) is 24.0 Å². The smallest absolute Gasteiger partial charge is 0.188 e. The van der Waals surface area contributed by atoms with Crippen LogP contribution in [0.1, 0.15) is 56.6 Å². The summed E-state index contributed by atoms with van der Waals surface area (Å²) in [5.41, 5.74) is 8.53. The number of benzene rings is 1. The molecule has 1 aromatic carbocycles. The zero-order valence-electron chi connectivity index (χ0n) is 16.8. The van der Waals surface area contributed by atoms with Gasteiger partial charge in [-0.1, -0.05) is 63.3 Å². The SMILES string of the molecule is CCCCCCCCNC(N)=NCc1cccc(CN2CCOCC2)c1.I. The minimum absolute atomic E-state index is 0. The summed E-state index contributed by atoms with van der Waals surface area (Å²) in [6.45, 7) is 8.47. The molecule has 0 radical (unpaired) electrons. The molecular formula is C21H37IN4O. The maximum atomic E-state index is 5.99. The van der Waals surface area contributed by atoms with Crippen LogP contribution in [-0.4, -0.2) is 43.7 Å². The number of aliphatic imine (C=N–C) groups is 1. The third-order valence-electron chi connectivity index (χ3n) is 4.77. The van der Waals surface area contributed by atoms with Crippen LogP contribution in [0.4, 0.5) is 0 Å². The molecule has 0 amide bonds. The van der Waals surface area contributed by atoms with Crippen molar-refractivity contribution in [3.63, 3.8) is 0 Å². The summed E-state index contributed by atoms with van der Waals surface area (Å²) < 4.78 is 5.41. The van der Waals surface area contributed by atoms with Crippen molar-refractivity contribution in [2.24, 2.45) is 10.7 Å². The Balaban J connectivity index is 0.00000364. The average Bonchev–Trinajstić information content (AvgIpc) is 2.67. The van der Waals surface area contributed by atoms with Gasteiger partial charge in [0.05, 0.1) is 19.8 Å². The van der Waals surface area contributed by atoms with Crippen LogP contribution in [0, 0.1) is 0 Å². The topological polar surface area (TPSA) is 62.9 Å². The van der Waals surface area contributed by atoms with Crippen molar-refractivity contribution in [3.05, 3.63) is 35.4 Å². The molecule has 5 nitrogen and oxygen atoms in total. The summed E-state index contributed by atoms with van der Waals surface area (Å²) in [5, 5.41) is 3.23. The molecule has 1 saturated heterocycles. The van der Waals surface area contributed by atoms with Crippen molar-refractivity contribution in [1.29, 1.82) is 0 Å². The number of nitrogens with zero attached hydrogens (tertiary/aromatic N) is 2. The number of morpholine rings is 1. The first-order valence-corrected chi connectivity index (χ1v) is 10.2. The summed E-state index contributed by atoms with van der Waals surface area (Å²) in [5.74, 6) is 0.553. The predicted molar refractivity (Wildman–Crippen MR) is 125 cm³/mol. The van der Waals surface area contributed by atoms with E-state index in [0.29, 0.717) is 12.5 Å². The van der Waals surface area contributed by atoms with Gasteiger partial charge in [-0.3, -0.25) is 4.90 Å². The van der Waals surface area contributed by atoms with Gasteiger partial charge in [-0.05, 0) is 17.5 Å². The van der Waals surface area contributed by atoms with E-state index in [1.807, 2.05) is 0 Å². The number of rotatable bonds is 11. The van der Waals surface area contributed by atoms with Crippen LogP contribution in [0.2, 0.25) is 0 Å². The van der Waals surface area contributed by atoms with E-state index in [0.717, 1.165) is 45.8 Å². The zero-order chi connectivity index (χ0) is 18.5. The van der Waals surface area contributed by atoms with Gasteiger partial charge in [-0.2, -0.15) is 0 Å². The second kappa shape index (κ2) is 15.1. The van der Waals surface area contributed by atoms with Gasteiger partial charge >= 0.3 is 0 Å². The number of nitrogens with one attached hydrogen (secondary N) is 1. The molecule has 1 aliphatic rings. The number of hydrogen-bond acceptors (Lipinski definition) is 3. The molecule has 3 N–H and O–H groups in total. The third kappa shape index (κ3) is 10.9. The molecule has 0 bridgehead atoms. The largest absolute Gasteiger partial charge is 0.379 e. The van der Waals surface area contributed by atoms with Crippen molar-refractivity contribution in [2.75, 3.05) is 32.8 Å². The third-order valence-corrected chi connectivity index (χ3v) is 4.77. The standard InChI is InChI=1S/C21H36N4O.HI/c1-2-3-4-5-6-7-11-23-21(22)24-17-19-9-8-10-20(16-19)18-25-12-14-26-15-13-25;/h8-10,16H,2-7,11-15,17-18H2,1H3,(H3,22,23,24);1H. The number of hydrogen-bond donors (Lipinski definition) is 2. The van der Waals surface area contributed by atoms with Gasteiger partial charge in [0, 0.05) is 26.2 Å². The highest BCUT2D eigenvalue weighted by molar-refractivity contribution is 14.0. The molecule has 1 heterocycles. The van der Waals surface area contributed by atoms with Crippen molar-refractivity contribution in [1.82, 2.24) is 10.2 Å². The fourth-order valence-electron chi connectivity index (χ4n) is 3.20. The summed E-state index contributed by atoms with van der Waals surface area (Å²) in [6.07, 6.45) is 7.75.